The largest absolute Gasteiger partial charge is 0.466 e. The molecule has 30 heavy (non-hydrogen) atoms. The third-order valence-corrected chi connectivity index (χ3v) is 5.52. The minimum absolute atomic E-state index is 0.0128. The van der Waals surface area contributed by atoms with Crippen LogP contribution in [0.5, 0.6) is 0 Å². The Balaban J connectivity index is 2.66. The summed E-state index contributed by atoms with van der Waals surface area (Å²) in [4.78, 5) is 35.0. The Morgan fingerprint density at radius 1 is 1.27 bits per heavy atom. The summed E-state index contributed by atoms with van der Waals surface area (Å²) in [6, 6.07) is 0. The van der Waals surface area contributed by atoms with Gasteiger partial charge in [-0.05, 0) is 44.6 Å². The van der Waals surface area contributed by atoms with Crippen molar-refractivity contribution in [3.05, 3.63) is 24.3 Å². The molecule has 0 heterocycles. The number of unbranched alkanes of at least 4 members (excludes halogenated alkanes) is 2. The summed E-state index contributed by atoms with van der Waals surface area (Å²) in [5, 5.41) is 0. The molecule has 0 spiro atoms. The molecule has 6 nitrogen and oxygen atoms in total. The Labute approximate surface area is 181 Å². The molecular formula is C24H38O6. The van der Waals surface area contributed by atoms with Gasteiger partial charge in [0, 0.05) is 37.4 Å². The van der Waals surface area contributed by atoms with E-state index in [1.165, 1.54) is 20.1 Å². The molecule has 1 rings (SSSR count). The van der Waals surface area contributed by atoms with Crippen molar-refractivity contribution in [2.24, 2.45) is 17.3 Å². The van der Waals surface area contributed by atoms with Gasteiger partial charge in [-0.1, -0.05) is 32.4 Å². The van der Waals surface area contributed by atoms with Gasteiger partial charge in [0.2, 0.25) is 0 Å². The van der Waals surface area contributed by atoms with Crippen molar-refractivity contribution >= 4 is 17.7 Å². The molecule has 0 aromatic carbocycles. The van der Waals surface area contributed by atoms with Gasteiger partial charge >= 0.3 is 11.9 Å². The van der Waals surface area contributed by atoms with E-state index in [9.17, 15) is 14.4 Å². The lowest BCUT2D eigenvalue weighted by Gasteiger charge is -2.31. The van der Waals surface area contributed by atoms with Gasteiger partial charge < -0.3 is 14.2 Å². The minimum atomic E-state index is -0.402. The zero-order chi connectivity index (χ0) is 22.6. The molecular weight excluding hydrogens is 384 g/mol. The summed E-state index contributed by atoms with van der Waals surface area (Å²) in [5.74, 6) is -0.177. The number of allylic oxidation sites excluding steroid dienone is 2. The second kappa shape index (κ2) is 13.4. The maximum atomic E-state index is 12.4. The van der Waals surface area contributed by atoms with Gasteiger partial charge in [-0.25, -0.2) is 4.79 Å². The Bertz CT molecular complexity index is 619. The van der Waals surface area contributed by atoms with Crippen molar-refractivity contribution in [2.45, 2.75) is 72.3 Å². The molecule has 1 fully saturated rings. The molecule has 1 unspecified atom stereocenters. The maximum absolute atomic E-state index is 12.4. The number of ketones is 1. The Morgan fingerprint density at radius 3 is 2.63 bits per heavy atom. The van der Waals surface area contributed by atoms with Crippen LogP contribution < -0.4 is 0 Å². The van der Waals surface area contributed by atoms with E-state index in [2.05, 4.69) is 10.8 Å². The standard InChI is InChI=1S/C24H38O6/c1-6-29-17-24(3,4)22(30-18(2)25)16-14-19-13-15-21(26)20(19)11-9-7-8-10-12-23(27)28-5/h10,12,14,16,19-20,22H,6-9,11,13,15,17H2,1-5H3/b12-10+,16-14+/t19?,20-,22-/m1/s1. The number of methoxy groups -OCH3 is 1. The molecule has 0 N–H and O–H groups in total. The summed E-state index contributed by atoms with van der Waals surface area (Å²) in [6.07, 6.45) is 11.8. The fourth-order valence-electron chi connectivity index (χ4n) is 3.74. The van der Waals surface area contributed by atoms with Crippen LogP contribution in [0, 0.1) is 17.3 Å². The van der Waals surface area contributed by atoms with E-state index < -0.39 is 6.10 Å². The van der Waals surface area contributed by atoms with E-state index >= 15 is 0 Å². The van der Waals surface area contributed by atoms with Gasteiger partial charge in [0.05, 0.1) is 13.7 Å². The highest BCUT2D eigenvalue weighted by Gasteiger charge is 2.34. The van der Waals surface area contributed by atoms with Gasteiger partial charge in [0.1, 0.15) is 11.9 Å². The fourth-order valence-corrected chi connectivity index (χ4v) is 3.74. The van der Waals surface area contributed by atoms with Crippen LogP contribution in [0.1, 0.15) is 66.2 Å². The first kappa shape index (κ1) is 26.1. The van der Waals surface area contributed by atoms with Crippen molar-refractivity contribution in [2.75, 3.05) is 20.3 Å². The number of hydrogen-bond acceptors (Lipinski definition) is 6. The third kappa shape index (κ3) is 9.24. The SMILES string of the molecule is CCOCC(C)(C)[C@@H](/C=C/C1CCC(=O)[C@@H]1CCCC/C=C/C(=O)OC)OC(C)=O. The lowest BCUT2D eigenvalue weighted by molar-refractivity contribution is -0.151. The molecule has 1 aliphatic rings. The lowest BCUT2D eigenvalue weighted by Crippen LogP contribution is -2.36. The molecule has 0 aromatic rings. The van der Waals surface area contributed by atoms with E-state index in [1.807, 2.05) is 32.9 Å². The van der Waals surface area contributed by atoms with Crippen LogP contribution >= 0.6 is 0 Å². The summed E-state index contributed by atoms with van der Waals surface area (Å²) < 4.78 is 15.7. The van der Waals surface area contributed by atoms with Crippen molar-refractivity contribution in [1.29, 1.82) is 0 Å². The Morgan fingerprint density at radius 2 is 2.00 bits per heavy atom. The van der Waals surface area contributed by atoms with E-state index in [0.717, 1.165) is 32.1 Å². The normalized spacial score (nSPS) is 20.8. The van der Waals surface area contributed by atoms with Crippen molar-refractivity contribution in [1.82, 2.24) is 0 Å². The first-order valence-electron chi connectivity index (χ1n) is 10.9. The van der Waals surface area contributed by atoms with Gasteiger partial charge in [0.25, 0.3) is 0 Å². The molecule has 1 aliphatic carbocycles. The van der Waals surface area contributed by atoms with Crippen LogP contribution in [0.2, 0.25) is 0 Å². The minimum Gasteiger partial charge on any atom is -0.466 e. The molecule has 0 saturated heterocycles. The lowest BCUT2D eigenvalue weighted by atomic mass is 9.84. The molecule has 0 amide bonds. The quantitative estimate of drug-likeness (QED) is 0.189. The summed E-state index contributed by atoms with van der Waals surface area (Å²) in [7, 11) is 1.36. The Hall–Kier alpha value is -1.95. The van der Waals surface area contributed by atoms with Gasteiger partial charge in [0.15, 0.2) is 0 Å². The molecule has 0 bridgehead atoms. The van der Waals surface area contributed by atoms with Gasteiger partial charge in [-0.15, -0.1) is 0 Å². The van der Waals surface area contributed by atoms with Gasteiger partial charge in [-0.3, -0.25) is 9.59 Å². The summed E-state index contributed by atoms with van der Waals surface area (Å²) in [5.41, 5.74) is -0.359. The molecule has 6 heteroatoms. The number of carbonyl (C=O) groups is 3. The molecule has 1 saturated carbocycles. The van der Waals surface area contributed by atoms with Crippen LogP contribution in [-0.4, -0.2) is 44.1 Å². The monoisotopic (exact) mass is 422 g/mol. The average Bonchev–Trinajstić information content (AvgIpc) is 3.05. The summed E-state index contributed by atoms with van der Waals surface area (Å²) in [6.45, 7) is 8.46. The smallest absolute Gasteiger partial charge is 0.330 e. The fraction of sp³-hybridized carbons (Fsp3) is 0.708. The zero-order valence-electron chi connectivity index (χ0n) is 19.1. The first-order chi connectivity index (χ1) is 14.2. The van der Waals surface area contributed by atoms with Crippen LogP contribution in [0.25, 0.3) is 0 Å². The van der Waals surface area contributed by atoms with E-state index in [0.29, 0.717) is 25.4 Å². The van der Waals surface area contributed by atoms with E-state index in [-0.39, 0.29) is 29.2 Å². The number of rotatable bonds is 13. The third-order valence-electron chi connectivity index (χ3n) is 5.52. The highest BCUT2D eigenvalue weighted by Crippen LogP contribution is 2.35. The van der Waals surface area contributed by atoms with Crippen LogP contribution in [-0.2, 0) is 28.6 Å². The van der Waals surface area contributed by atoms with Gasteiger partial charge in [-0.2, -0.15) is 0 Å². The number of esters is 2. The maximum Gasteiger partial charge on any atom is 0.330 e. The highest BCUT2D eigenvalue weighted by molar-refractivity contribution is 5.83. The molecule has 0 radical (unpaired) electrons. The number of Topliss-reactive ketones (excluding diaryl/α,β-unsaturated/α-hetero) is 1. The first-order valence-corrected chi connectivity index (χ1v) is 10.9. The highest BCUT2D eigenvalue weighted by atomic mass is 16.5. The molecule has 3 atom stereocenters. The number of ether oxygens (including phenoxy) is 3. The molecule has 0 aromatic heterocycles. The average molecular weight is 423 g/mol. The van der Waals surface area contributed by atoms with Crippen LogP contribution in [0.4, 0.5) is 0 Å². The second-order valence-corrected chi connectivity index (χ2v) is 8.53. The van der Waals surface area contributed by atoms with Crippen LogP contribution in [0.15, 0.2) is 24.3 Å². The predicted molar refractivity (Wildman–Crippen MR) is 116 cm³/mol. The van der Waals surface area contributed by atoms with Crippen LogP contribution in [0.3, 0.4) is 0 Å². The second-order valence-electron chi connectivity index (χ2n) is 8.53. The molecule has 0 aliphatic heterocycles. The van der Waals surface area contributed by atoms with E-state index in [1.54, 1.807) is 0 Å². The number of carbonyl (C=O) groups excluding carboxylic acids is 3. The van der Waals surface area contributed by atoms with Crippen molar-refractivity contribution < 1.29 is 28.6 Å². The summed E-state index contributed by atoms with van der Waals surface area (Å²) >= 11 is 0. The Kier molecular flexibility index (Phi) is 11.6. The number of hydrogen-bond donors (Lipinski definition) is 0. The zero-order valence-corrected chi connectivity index (χ0v) is 19.1. The predicted octanol–water partition coefficient (Wildman–Crippen LogP) is 4.42. The van der Waals surface area contributed by atoms with Crippen molar-refractivity contribution in [3.8, 4) is 0 Å². The topological polar surface area (TPSA) is 78.9 Å². The van der Waals surface area contributed by atoms with Crippen molar-refractivity contribution in [3.63, 3.8) is 0 Å². The molecule has 170 valence electrons. The van der Waals surface area contributed by atoms with E-state index in [4.69, 9.17) is 9.47 Å².